The van der Waals surface area contributed by atoms with Gasteiger partial charge >= 0.3 is 0 Å². The van der Waals surface area contributed by atoms with Crippen LogP contribution in [0.2, 0.25) is 0 Å². The second kappa shape index (κ2) is 4.72. The molecular formula is C22H15N. The average Bonchev–Trinajstić information content (AvgIpc) is 3.07. The first-order chi connectivity index (χ1) is 11.4. The minimum absolute atomic E-state index is 1.18. The molecule has 0 aliphatic heterocycles. The maximum atomic E-state index is 3.26. The van der Waals surface area contributed by atoms with E-state index in [0.29, 0.717) is 0 Å². The molecule has 4 aromatic carbocycles. The van der Waals surface area contributed by atoms with E-state index in [2.05, 4.69) is 83.8 Å². The fourth-order valence-corrected chi connectivity index (χ4v) is 3.44. The normalized spacial score (nSPS) is 11.5. The maximum Gasteiger partial charge on any atom is 0.0454 e. The van der Waals surface area contributed by atoms with Gasteiger partial charge in [-0.2, -0.15) is 0 Å². The molecule has 5 rings (SSSR count). The molecule has 0 saturated carbocycles. The Morgan fingerprint density at radius 3 is 2.30 bits per heavy atom. The third-order valence-corrected chi connectivity index (χ3v) is 4.61. The molecule has 0 fully saturated rings. The van der Waals surface area contributed by atoms with Crippen LogP contribution in [0.5, 0.6) is 0 Å². The molecule has 0 bridgehead atoms. The van der Waals surface area contributed by atoms with Crippen molar-refractivity contribution in [2.75, 3.05) is 0 Å². The molecule has 5 aromatic rings. The molecule has 1 nitrogen and oxygen atoms in total. The second-order valence-electron chi connectivity index (χ2n) is 6.01. The van der Waals surface area contributed by atoms with Crippen LogP contribution in [0, 0.1) is 0 Å². The van der Waals surface area contributed by atoms with Gasteiger partial charge in [0.1, 0.15) is 0 Å². The Morgan fingerprint density at radius 2 is 1.39 bits per heavy atom. The SMILES string of the molecule is c1ccc2cc3c(-c4ccc5[nH]ccc5c4)cccc3cc2c1. The van der Waals surface area contributed by atoms with E-state index >= 15 is 0 Å². The molecule has 23 heavy (non-hydrogen) atoms. The third kappa shape index (κ3) is 1.94. The number of hydrogen-bond acceptors (Lipinski definition) is 0. The summed E-state index contributed by atoms with van der Waals surface area (Å²) in [6, 6.07) is 28.4. The summed E-state index contributed by atoms with van der Waals surface area (Å²) >= 11 is 0. The van der Waals surface area contributed by atoms with E-state index in [1.807, 2.05) is 6.20 Å². The largest absolute Gasteiger partial charge is 0.361 e. The van der Waals surface area contributed by atoms with Crippen molar-refractivity contribution in [3.05, 3.63) is 85.1 Å². The molecule has 1 aromatic heterocycles. The lowest BCUT2D eigenvalue weighted by molar-refractivity contribution is 1.48. The van der Waals surface area contributed by atoms with Gasteiger partial charge < -0.3 is 4.98 Å². The Kier molecular flexibility index (Phi) is 2.56. The molecule has 0 aliphatic rings. The lowest BCUT2D eigenvalue weighted by atomic mass is 9.95. The van der Waals surface area contributed by atoms with Crippen molar-refractivity contribution < 1.29 is 0 Å². The molecule has 0 saturated heterocycles. The molecule has 108 valence electrons. The van der Waals surface area contributed by atoms with Gasteiger partial charge in [-0.3, -0.25) is 0 Å². The first-order valence-electron chi connectivity index (χ1n) is 7.87. The zero-order chi connectivity index (χ0) is 15.2. The van der Waals surface area contributed by atoms with Gasteiger partial charge in [-0.05, 0) is 68.4 Å². The van der Waals surface area contributed by atoms with Crippen molar-refractivity contribution in [1.82, 2.24) is 4.98 Å². The van der Waals surface area contributed by atoms with E-state index < -0.39 is 0 Å². The van der Waals surface area contributed by atoms with Crippen LogP contribution in [0.25, 0.3) is 43.6 Å². The van der Waals surface area contributed by atoms with E-state index in [1.165, 1.54) is 43.6 Å². The summed E-state index contributed by atoms with van der Waals surface area (Å²) in [6.45, 7) is 0. The summed E-state index contributed by atoms with van der Waals surface area (Å²) < 4.78 is 0. The highest BCUT2D eigenvalue weighted by molar-refractivity contribution is 6.05. The van der Waals surface area contributed by atoms with Gasteiger partial charge in [0.25, 0.3) is 0 Å². The lowest BCUT2D eigenvalue weighted by Crippen LogP contribution is -1.83. The highest BCUT2D eigenvalue weighted by Crippen LogP contribution is 2.33. The molecule has 0 atom stereocenters. The van der Waals surface area contributed by atoms with Crippen molar-refractivity contribution in [3.63, 3.8) is 0 Å². The Balaban J connectivity index is 1.84. The van der Waals surface area contributed by atoms with Crippen molar-refractivity contribution >= 4 is 32.4 Å². The van der Waals surface area contributed by atoms with E-state index in [1.54, 1.807) is 0 Å². The number of aromatic amines is 1. The average molecular weight is 293 g/mol. The van der Waals surface area contributed by atoms with E-state index in [9.17, 15) is 0 Å². The van der Waals surface area contributed by atoms with Gasteiger partial charge in [-0.15, -0.1) is 0 Å². The van der Waals surface area contributed by atoms with Crippen molar-refractivity contribution in [2.45, 2.75) is 0 Å². The molecule has 1 heterocycles. The van der Waals surface area contributed by atoms with Crippen LogP contribution in [0.15, 0.2) is 85.1 Å². The molecule has 0 unspecified atom stereocenters. The fourth-order valence-electron chi connectivity index (χ4n) is 3.44. The van der Waals surface area contributed by atoms with E-state index in [4.69, 9.17) is 0 Å². The standard InChI is InChI=1S/C22H15N/c1-2-5-16-14-21-17(12-15(16)4-1)6-3-7-20(21)18-8-9-22-19(13-18)10-11-23-22/h1-14,23H. The van der Waals surface area contributed by atoms with Crippen LogP contribution >= 0.6 is 0 Å². The number of aromatic nitrogens is 1. The highest BCUT2D eigenvalue weighted by Gasteiger charge is 2.06. The first-order valence-corrected chi connectivity index (χ1v) is 7.87. The summed E-state index contributed by atoms with van der Waals surface area (Å²) in [4.78, 5) is 3.26. The zero-order valence-electron chi connectivity index (χ0n) is 12.6. The number of rotatable bonds is 1. The summed E-state index contributed by atoms with van der Waals surface area (Å²) in [7, 11) is 0. The van der Waals surface area contributed by atoms with Gasteiger partial charge in [-0.25, -0.2) is 0 Å². The van der Waals surface area contributed by atoms with Crippen LogP contribution in [-0.2, 0) is 0 Å². The molecule has 1 N–H and O–H groups in total. The van der Waals surface area contributed by atoms with Crippen LogP contribution in [-0.4, -0.2) is 4.98 Å². The van der Waals surface area contributed by atoms with E-state index in [0.717, 1.165) is 0 Å². The quantitative estimate of drug-likeness (QED) is 0.357. The Morgan fingerprint density at radius 1 is 0.565 bits per heavy atom. The summed E-state index contributed by atoms with van der Waals surface area (Å²) in [5.41, 5.74) is 3.73. The summed E-state index contributed by atoms with van der Waals surface area (Å²) in [5.74, 6) is 0. The minimum atomic E-state index is 1.18. The molecule has 0 amide bonds. The first kappa shape index (κ1) is 12.5. The number of fused-ring (bicyclic) bond motifs is 3. The Labute approximate surface area is 134 Å². The molecule has 1 heteroatoms. The molecular weight excluding hydrogens is 278 g/mol. The minimum Gasteiger partial charge on any atom is -0.361 e. The maximum absolute atomic E-state index is 3.26. The van der Waals surface area contributed by atoms with Gasteiger partial charge in [0, 0.05) is 11.7 Å². The Bertz CT molecular complexity index is 1160. The smallest absolute Gasteiger partial charge is 0.0454 e. The molecule has 0 spiro atoms. The number of nitrogens with one attached hydrogen (secondary N) is 1. The van der Waals surface area contributed by atoms with Crippen LogP contribution in [0.3, 0.4) is 0 Å². The number of hydrogen-bond donors (Lipinski definition) is 1. The third-order valence-electron chi connectivity index (χ3n) is 4.61. The summed E-state index contributed by atoms with van der Waals surface area (Å²) in [5, 5.41) is 6.42. The number of benzene rings is 4. The van der Waals surface area contributed by atoms with E-state index in [-0.39, 0.29) is 0 Å². The van der Waals surface area contributed by atoms with Crippen LogP contribution in [0.1, 0.15) is 0 Å². The van der Waals surface area contributed by atoms with Gasteiger partial charge in [0.2, 0.25) is 0 Å². The fraction of sp³-hybridized carbons (Fsp3) is 0. The summed E-state index contributed by atoms with van der Waals surface area (Å²) in [6.07, 6.45) is 1.99. The zero-order valence-corrected chi connectivity index (χ0v) is 12.6. The lowest BCUT2D eigenvalue weighted by Gasteiger charge is -2.09. The van der Waals surface area contributed by atoms with Gasteiger partial charge in [0.15, 0.2) is 0 Å². The van der Waals surface area contributed by atoms with Crippen LogP contribution in [0.4, 0.5) is 0 Å². The van der Waals surface area contributed by atoms with Gasteiger partial charge in [-0.1, -0.05) is 48.5 Å². The molecule has 0 radical (unpaired) electrons. The topological polar surface area (TPSA) is 15.8 Å². The highest BCUT2D eigenvalue weighted by atomic mass is 14.7. The predicted molar refractivity (Wildman–Crippen MR) is 98.7 cm³/mol. The predicted octanol–water partition coefficient (Wildman–Crippen LogP) is 6.14. The second-order valence-corrected chi connectivity index (χ2v) is 6.01. The molecule has 0 aliphatic carbocycles. The number of H-pyrrole nitrogens is 1. The van der Waals surface area contributed by atoms with Crippen molar-refractivity contribution in [2.24, 2.45) is 0 Å². The van der Waals surface area contributed by atoms with Crippen molar-refractivity contribution in [1.29, 1.82) is 0 Å². The van der Waals surface area contributed by atoms with Gasteiger partial charge in [0.05, 0.1) is 0 Å². The monoisotopic (exact) mass is 293 g/mol. The van der Waals surface area contributed by atoms with Crippen LogP contribution < -0.4 is 0 Å². The Hall–Kier alpha value is -3.06. The van der Waals surface area contributed by atoms with Crippen molar-refractivity contribution in [3.8, 4) is 11.1 Å².